The molecule has 6 rings (SSSR count). The lowest BCUT2D eigenvalue weighted by molar-refractivity contribution is -0.661. The normalized spacial score (nSPS) is 19.7. The van der Waals surface area contributed by atoms with E-state index in [-0.39, 0.29) is 10.8 Å². The van der Waals surface area contributed by atoms with E-state index in [0.717, 1.165) is 0 Å². The molecular weight excluding hydrogens is 362 g/mol. The molecule has 0 radical (unpaired) electrons. The van der Waals surface area contributed by atoms with Crippen LogP contribution in [0.25, 0.3) is 22.4 Å². The first-order chi connectivity index (χ1) is 14.5. The lowest BCUT2D eigenvalue weighted by atomic mass is 9.50. The molecule has 2 aliphatic carbocycles. The topological polar surface area (TPSA) is 3.88 Å². The highest BCUT2D eigenvalue weighted by Gasteiger charge is 2.60. The number of aryl methyl sites for hydroxylation is 2. The SMILES string of the molecule is Cc1ccc2c3c1-c1c(ccc[n+]1C)C(C)(C)C3(c1ccccc1)c1ccccc1-2. The Bertz CT molecular complexity index is 1330. The maximum atomic E-state index is 2.44. The Morgan fingerprint density at radius 1 is 0.700 bits per heavy atom. The quantitative estimate of drug-likeness (QED) is 0.347. The fourth-order valence-corrected chi connectivity index (χ4v) is 6.43. The molecule has 3 aromatic carbocycles. The van der Waals surface area contributed by atoms with Gasteiger partial charge in [-0.3, -0.25) is 0 Å². The molecule has 0 aliphatic heterocycles. The van der Waals surface area contributed by atoms with Crippen LogP contribution in [0, 0.1) is 6.92 Å². The van der Waals surface area contributed by atoms with Crippen LogP contribution in [-0.2, 0) is 17.9 Å². The Kier molecular flexibility index (Phi) is 3.35. The second kappa shape index (κ2) is 5.70. The Labute approximate surface area is 178 Å². The van der Waals surface area contributed by atoms with Gasteiger partial charge in [0.15, 0.2) is 6.20 Å². The van der Waals surface area contributed by atoms with Crippen molar-refractivity contribution in [2.75, 3.05) is 0 Å². The van der Waals surface area contributed by atoms with Gasteiger partial charge in [0.25, 0.3) is 0 Å². The summed E-state index contributed by atoms with van der Waals surface area (Å²) in [5.41, 5.74) is 12.2. The van der Waals surface area contributed by atoms with Crippen LogP contribution in [0.1, 0.15) is 41.7 Å². The van der Waals surface area contributed by atoms with Crippen molar-refractivity contribution in [2.24, 2.45) is 7.05 Å². The van der Waals surface area contributed by atoms with E-state index in [9.17, 15) is 0 Å². The molecule has 1 atom stereocenters. The molecule has 146 valence electrons. The van der Waals surface area contributed by atoms with E-state index in [2.05, 4.69) is 117 Å². The van der Waals surface area contributed by atoms with Crippen molar-refractivity contribution in [1.29, 1.82) is 0 Å². The molecule has 1 aromatic heterocycles. The van der Waals surface area contributed by atoms with Gasteiger partial charge >= 0.3 is 0 Å². The Morgan fingerprint density at radius 3 is 2.20 bits per heavy atom. The lowest BCUT2D eigenvalue weighted by Crippen LogP contribution is -2.51. The van der Waals surface area contributed by atoms with E-state index in [1.54, 1.807) is 0 Å². The highest BCUT2D eigenvalue weighted by Crippen LogP contribution is 2.66. The number of hydrogen-bond acceptors (Lipinski definition) is 0. The Balaban J connectivity index is 1.92. The van der Waals surface area contributed by atoms with Gasteiger partial charge < -0.3 is 0 Å². The first kappa shape index (κ1) is 17.7. The molecule has 1 heteroatoms. The average Bonchev–Trinajstić information content (AvgIpc) is 3.06. The van der Waals surface area contributed by atoms with E-state index < -0.39 is 0 Å². The molecule has 0 bridgehead atoms. The third-order valence-corrected chi connectivity index (χ3v) is 7.64. The highest BCUT2D eigenvalue weighted by atomic mass is 14.9. The van der Waals surface area contributed by atoms with Crippen molar-refractivity contribution in [3.63, 3.8) is 0 Å². The fourth-order valence-electron chi connectivity index (χ4n) is 6.43. The number of aromatic nitrogens is 1. The zero-order valence-electron chi connectivity index (χ0n) is 18.0. The van der Waals surface area contributed by atoms with E-state index in [1.807, 2.05) is 0 Å². The van der Waals surface area contributed by atoms with E-state index in [0.29, 0.717) is 0 Å². The second-order valence-electron chi connectivity index (χ2n) is 9.35. The number of pyridine rings is 1. The molecule has 4 aromatic rings. The maximum Gasteiger partial charge on any atom is 0.216 e. The average molecular weight is 389 g/mol. The Hall–Kier alpha value is -3.19. The van der Waals surface area contributed by atoms with Gasteiger partial charge in [0.1, 0.15) is 7.05 Å². The number of fused-ring (bicyclic) bond motifs is 5. The monoisotopic (exact) mass is 388 g/mol. The number of rotatable bonds is 1. The van der Waals surface area contributed by atoms with Crippen LogP contribution in [0.4, 0.5) is 0 Å². The van der Waals surface area contributed by atoms with Crippen LogP contribution in [0.2, 0.25) is 0 Å². The third kappa shape index (κ3) is 1.82. The molecule has 0 saturated heterocycles. The van der Waals surface area contributed by atoms with Gasteiger partial charge in [0, 0.05) is 17.0 Å². The molecule has 30 heavy (non-hydrogen) atoms. The molecule has 2 aliphatic rings. The molecule has 0 spiro atoms. The molecule has 0 fully saturated rings. The van der Waals surface area contributed by atoms with Crippen LogP contribution in [0.5, 0.6) is 0 Å². The second-order valence-corrected chi connectivity index (χ2v) is 9.35. The van der Waals surface area contributed by atoms with Crippen LogP contribution < -0.4 is 4.57 Å². The fraction of sp³-hybridized carbons (Fsp3) is 0.207. The summed E-state index contributed by atoms with van der Waals surface area (Å²) in [5.74, 6) is 0. The summed E-state index contributed by atoms with van der Waals surface area (Å²) < 4.78 is 2.32. The maximum absolute atomic E-state index is 2.44. The van der Waals surface area contributed by atoms with E-state index in [4.69, 9.17) is 0 Å². The Morgan fingerprint density at radius 2 is 1.40 bits per heavy atom. The van der Waals surface area contributed by atoms with Gasteiger partial charge in [-0.05, 0) is 46.4 Å². The molecule has 0 amide bonds. The van der Waals surface area contributed by atoms with Gasteiger partial charge in [0.05, 0.1) is 11.0 Å². The summed E-state index contributed by atoms with van der Waals surface area (Å²) >= 11 is 0. The minimum Gasteiger partial charge on any atom is -0.201 e. The van der Waals surface area contributed by atoms with Gasteiger partial charge in [-0.25, -0.2) is 4.57 Å². The first-order valence-corrected chi connectivity index (χ1v) is 10.8. The van der Waals surface area contributed by atoms with Crippen LogP contribution in [0.15, 0.2) is 85.1 Å². The highest BCUT2D eigenvalue weighted by molar-refractivity contribution is 5.94. The molecular formula is C29H26N+. The van der Waals surface area contributed by atoms with Gasteiger partial charge in [-0.1, -0.05) is 80.6 Å². The summed E-state index contributed by atoms with van der Waals surface area (Å²) in [6.45, 7) is 7.15. The molecule has 1 heterocycles. The molecule has 0 saturated carbocycles. The van der Waals surface area contributed by atoms with Crippen LogP contribution in [0.3, 0.4) is 0 Å². The van der Waals surface area contributed by atoms with Crippen molar-refractivity contribution in [3.8, 4) is 22.4 Å². The smallest absolute Gasteiger partial charge is 0.201 e. The number of hydrogen-bond donors (Lipinski definition) is 0. The van der Waals surface area contributed by atoms with Gasteiger partial charge in [-0.15, -0.1) is 0 Å². The summed E-state index contributed by atoms with van der Waals surface area (Å²) in [5, 5.41) is 0. The van der Waals surface area contributed by atoms with E-state index >= 15 is 0 Å². The lowest BCUT2D eigenvalue weighted by Gasteiger charge is -2.50. The minimum absolute atomic E-state index is 0.120. The zero-order valence-corrected chi connectivity index (χ0v) is 18.0. The summed E-state index contributed by atoms with van der Waals surface area (Å²) in [6.07, 6.45) is 2.19. The zero-order chi connectivity index (χ0) is 20.7. The summed E-state index contributed by atoms with van der Waals surface area (Å²) in [4.78, 5) is 0. The molecule has 1 nitrogen and oxygen atoms in total. The third-order valence-electron chi connectivity index (χ3n) is 7.64. The first-order valence-electron chi connectivity index (χ1n) is 10.8. The number of benzene rings is 3. The molecule has 0 N–H and O–H groups in total. The van der Waals surface area contributed by atoms with Gasteiger partial charge in [-0.2, -0.15) is 0 Å². The minimum atomic E-state index is -0.219. The van der Waals surface area contributed by atoms with Crippen molar-refractivity contribution in [3.05, 3.63) is 113 Å². The predicted molar refractivity (Wildman–Crippen MR) is 123 cm³/mol. The van der Waals surface area contributed by atoms with E-state index in [1.165, 1.54) is 50.2 Å². The van der Waals surface area contributed by atoms with Crippen molar-refractivity contribution in [1.82, 2.24) is 0 Å². The standard InChI is InChI=1S/C29H26N/c1-19-16-17-22-21-13-8-9-14-23(21)29(20-11-6-5-7-12-20)26(22)25(19)27-24(28(29,2)3)15-10-18-30(27)4/h5-18H,1-4H3/q+1. The van der Waals surface area contributed by atoms with Crippen LogP contribution in [-0.4, -0.2) is 0 Å². The summed E-state index contributed by atoms with van der Waals surface area (Å²) in [6, 6.07) is 29.4. The van der Waals surface area contributed by atoms with Crippen LogP contribution >= 0.6 is 0 Å². The summed E-state index contributed by atoms with van der Waals surface area (Å²) in [7, 11) is 2.19. The van der Waals surface area contributed by atoms with Crippen molar-refractivity contribution in [2.45, 2.75) is 31.6 Å². The van der Waals surface area contributed by atoms with Crippen molar-refractivity contribution >= 4 is 0 Å². The molecule has 1 unspecified atom stereocenters. The van der Waals surface area contributed by atoms with Gasteiger partial charge in [0.2, 0.25) is 5.69 Å². The van der Waals surface area contributed by atoms with Crippen molar-refractivity contribution < 1.29 is 4.57 Å². The number of nitrogens with zero attached hydrogens (tertiary/aromatic N) is 1. The predicted octanol–water partition coefficient (Wildman–Crippen LogP) is 6.09. The largest absolute Gasteiger partial charge is 0.216 e.